The number of hydrogen-bond donors (Lipinski definition) is 0. The van der Waals surface area contributed by atoms with E-state index in [1.807, 2.05) is 0 Å². The fourth-order valence-corrected chi connectivity index (χ4v) is 10.4. The fraction of sp³-hybridized carbons (Fsp3) is 0.0508. The topological polar surface area (TPSA) is 8.17 Å². The lowest BCUT2D eigenvalue weighted by Gasteiger charge is -2.26. The van der Waals surface area contributed by atoms with E-state index in [1.54, 1.807) is 0 Å². The Balaban J connectivity index is 1.00. The number of aromatic nitrogens is 1. The molecule has 2 nitrogen and oxygen atoms in total. The second-order valence-corrected chi connectivity index (χ2v) is 16.9. The van der Waals surface area contributed by atoms with Crippen molar-refractivity contribution in [3.8, 4) is 39.1 Å². The van der Waals surface area contributed by atoms with E-state index in [9.17, 15) is 0 Å². The van der Waals surface area contributed by atoms with Crippen LogP contribution in [0.15, 0.2) is 218 Å². The van der Waals surface area contributed by atoms with Gasteiger partial charge in [-0.15, -0.1) is 0 Å². The number of rotatable bonds is 6. The van der Waals surface area contributed by atoms with Gasteiger partial charge in [0.25, 0.3) is 0 Å². The van der Waals surface area contributed by atoms with Gasteiger partial charge in [0.1, 0.15) is 0 Å². The van der Waals surface area contributed by atoms with Gasteiger partial charge in [0, 0.05) is 38.9 Å². The minimum absolute atomic E-state index is 0.0738. The molecule has 288 valence electrons. The third-order valence-electron chi connectivity index (χ3n) is 13.2. The van der Waals surface area contributed by atoms with Crippen LogP contribution in [-0.4, -0.2) is 4.57 Å². The monoisotopic (exact) mass is 778 g/mol. The minimum atomic E-state index is -0.0738. The van der Waals surface area contributed by atoms with Gasteiger partial charge in [-0.3, -0.25) is 0 Å². The highest BCUT2D eigenvalue weighted by atomic mass is 15.1. The highest BCUT2D eigenvalue weighted by molar-refractivity contribution is 6.21. The molecule has 0 unspecified atom stereocenters. The van der Waals surface area contributed by atoms with Gasteiger partial charge in [-0.1, -0.05) is 166 Å². The normalized spacial score (nSPS) is 12.9. The zero-order valence-electron chi connectivity index (χ0n) is 34.2. The van der Waals surface area contributed by atoms with Crippen molar-refractivity contribution in [1.29, 1.82) is 0 Å². The number of hydrogen-bond acceptors (Lipinski definition) is 1. The van der Waals surface area contributed by atoms with Gasteiger partial charge >= 0.3 is 0 Å². The molecule has 0 bridgehead atoms. The predicted molar refractivity (Wildman–Crippen MR) is 259 cm³/mol. The average Bonchev–Trinajstić information content (AvgIpc) is 3.77. The number of benzene rings is 10. The zero-order chi connectivity index (χ0) is 40.7. The molecule has 0 saturated heterocycles. The van der Waals surface area contributed by atoms with Crippen LogP contribution in [0.3, 0.4) is 0 Å². The first-order valence-electron chi connectivity index (χ1n) is 21.3. The third kappa shape index (κ3) is 5.42. The van der Waals surface area contributed by atoms with Crippen molar-refractivity contribution in [3.05, 3.63) is 230 Å². The molecule has 61 heavy (non-hydrogen) atoms. The molecule has 0 N–H and O–H groups in total. The summed E-state index contributed by atoms with van der Waals surface area (Å²) in [6.45, 7) is 4.73. The molecule has 0 radical (unpaired) electrons. The van der Waals surface area contributed by atoms with Crippen LogP contribution < -0.4 is 4.90 Å². The van der Waals surface area contributed by atoms with Gasteiger partial charge in [-0.25, -0.2) is 0 Å². The third-order valence-corrected chi connectivity index (χ3v) is 13.2. The Morgan fingerprint density at radius 2 is 0.836 bits per heavy atom. The Kier molecular flexibility index (Phi) is 7.92. The van der Waals surface area contributed by atoms with Crippen molar-refractivity contribution in [2.45, 2.75) is 19.3 Å². The molecule has 0 amide bonds. The Morgan fingerprint density at radius 1 is 0.344 bits per heavy atom. The van der Waals surface area contributed by atoms with E-state index in [1.165, 1.54) is 87.9 Å². The van der Waals surface area contributed by atoms with Crippen molar-refractivity contribution >= 4 is 60.4 Å². The van der Waals surface area contributed by atoms with Crippen molar-refractivity contribution in [1.82, 2.24) is 4.57 Å². The largest absolute Gasteiger partial charge is 0.310 e. The van der Waals surface area contributed by atoms with E-state index >= 15 is 0 Å². The molecule has 1 heterocycles. The van der Waals surface area contributed by atoms with Crippen LogP contribution >= 0.6 is 0 Å². The molecule has 1 aliphatic rings. The van der Waals surface area contributed by atoms with Crippen molar-refractivity contribution in [2.24, 2.45) is 0 Å². The molecule has 0 saturated carbocycles. The smallest absolute Gasteiger partial charge is 0.0542 e. The van der Waals surface area contributed by atoms with E-state index in [0.29, 0.717) is 0 Å². The van der Waals surface area contributed by atoms with Gasteiger partial charge in [-0.05, 0) is 133 Å². The molecule has 11 aromatic rings. The molecule has 0 aliphatic heterocycles. The maximum atomic E-state index is 2.47. The molecule has 0 atom stereocenters. The maximum absolute atomic E-state index is 2.47. The summed E-state index contributed by atoms with van der Waals surface area (Å²) < 4.78 is 2.38. The van der Waals surface area contributed by atoms with Crippen LogP contribution in [0.2, 0.25) is 0 Å². The first-order valence-corrected chi connectivity index (χ1v) is 21.3. The van der Waals surface area contributed by atoms with Crippen LogP contribution in [0, 0.1) is 0 Å². The Labute approximate surface area is 356 Å². The molecule has 0 fully saturated rings. The van der Waals surface area contributed by atoms with Gasteiger partial charge in [0.15, 0.2) is 0 Å². The highest BCUT2D eigenvalue weighted by Gasteiger charge is 2.35. The summed E-state index contributed by atoms with van der Waals surface area (Å²) in [5, 5.41) is 7.51. The van der Waals surface area contributed by atoms with Crippen LogP contribution in [0.25, 0.3) is 82.4 Å². The molecule has 0 spiro atoms. The molecular formula is C59H42N2. The zero-order valence-corrected chi connectivity index (χ0v) is 34.2. The summed E-state index contributed by atoms with van der Waals surface area (Å²) in [7, 11) is 0. The average molecular weight is 779 g/mol. The van der Waals surface area contributed by atoms with E-state index in [2.05, 4.69) is 242 Å². The predicted octanol–water partition coefficient (Wildman–Crippen LogP) is 16.2. The summed E-state index contributed by atoms with van der Waals surface area (Å²) >= 11 is 0. The molecule has 1 aliphatic carbocycles. The van der Waals surface area contributed by atoms with E-state index in [0.717, 1.165) is 22.7 Å². The van der Waals surface area contributed by atoms with Crippen LogP contribution in [0.1, 0.15) is 25.0 Å². The highest BCUT2D eigenvalue weighted by Crippen LogP contribution is 2.51. The fourth-order valence-electron chi connectivity index (χ4n) is 10.4. The minimum Gasteiger partial charge on any atom is -0.310 e. The summed E-state index contributed by atoms with van der Waals surface area (Å²) in [4.78, 5) is 2.38. The number of fused-ring (bicyclic) bond motifs is 8. The summed E-state index contributed by atoms with van der Waals surface area (Å²) in [6.07, 6.45) is 0. The molecular weight excluding hydrogens is 737 g/mol. The second kappa shape index (κ2) is 13.7. The van der Waals surface area contributed by atoms with Gasteiger partial charge in [0.05, 0.1) is 11.0 Å². The van der Waals surface area contributed by atoms with Crippen LogP contribution in [0.5, 0.6) is 0 Å². The van der Waals surface area contributed by atoms with Crippen molar-refractivity contribution < 1.29 is 0 Å². The number of anilines is 3. The Morgan fingerprint density at radius 3 is 1.52 bits per heavy atom. The lowest BCUT2D eigenvalue weighted by Crippen LogP contribution is -2.14. The van der Waals surface area contributed by atoms with Crippen molar-refractivity contribution in [2.75, 3.05) is 4.90 Å². The van der Waals surface area contributed by atoms with Crippen LogP contribution in [-0.2, 0) is 5.41 Å². The second-order valence-electron chi connectivity index (χ2n) is 16.9. The molecule has 12 rings (SSSR count). The van der Waals surface area contributed by atoms with Crippen molar-refractivity contribution in [3.63, 3.8) is 0 Å². The van der Waals surface area contributed by atoms with E-state index < -0.39 is 0 Å². The SMILES string of the molecule is CC1(C)c2ccccc2-c2ccc(-c3c4ccccc4c(-c4ccc(N(c5ccccc5)c5ccc6c(c5)c5ccccc5n6-c5ccccc5)cc4)c4ccccc34)cc21. The van der Waals surface area contributed by atoms with Gasteiger partial charge < -0.3 is 9.47 Å². The number of para-hydroxylation sites is 3. The Bertz CT molecular complexity index is 3430. The van der Waals surface area contributed by atoms with Crippen LogP contribution in [0.4, 0.5) is 17.1 Å². The first kappa shape index (κ1) is 35.3. The lowest BCUT2D eigenvalue weighted by molar-refractivity contribution is 0.660. The van der Waals surface area contributed by atoms with Gasteiger partial charge in [-0.2, -0.15) is 0 Å². The summed E-state index contributed by atoms with van der Waals surface area (Å²) in [5.41, 5.74) is 17.3. The maximum Gasteiger partial charge on any atom is 0.0542 e. The standard InChI is InChI=1S/C59H42N2/c1-59(2)53-27-15-13-21-45(53)46-35-31-40(37-54(46)59)58-50-25-11-9-23-48(50)57(49-24-10-12-26-51(49)58)39-29-32-43(33-30-39)60(41-17-5-3-6-18-41)44-34-36-56-52(38-44)47-22-14-16-28-55(47)61(56)42-19-7-4-8-20-42/h3-38H,1-2H3. The molecule has 10 aromatic carbocycles. The quantitative estimate of drug-likeness (QED) is 0.153. The van der Waals surface area contributed by atoms with Gasteiger partial charge in [0.2, 0.25) is 0 Å². The number of nitrogens with zero attached hydrogens (tertiary/aromatic N) is 2. The summed E-state index contributed by atoms with van der Waals surface area (Å²) in [6, 6.07) is 80.3. The summed E-state index contributed by atoms with van der Waals surface area (Å²) in [5.74, 6) is 0. The van der Waals surface area contributed by atoms with E-state index in [4.69, 9.17) is 0 Å². The molecule has 1 aromatic heterocycles. The van der Waals surface area contributed by atoms with E-state index in [-0.39, 0.29) is 5.41 Å². The lowest BCUT2D eigenvalue weighted by atomic mass is 9.80. The first-order chi connectivity index (χ1) is 30.0. The molecule has 2 heteroatoms. The Hall–Kier alpha value is -7.68.